The maximum absolute atomic E-state index is 11.3. The van der Waals surface area contributed by atoms with Crippen molar-refractivity contribution in [1.82, 2.24) is 0 Å². The first-order valence-corrected chi connectivity index (χ1v) is 8.41. The summed E-state index contributed by atoms with van der Waals surface area (Å²) >= 11 is 0. The van der Waals surface area contributed by atoms with E-state index in [1.165, 1.54) is 6.92 Å². The lowest BCUT2D eigenvalue weighted by atomic mass is 9.88. The topological polar surface area (TPSA) is 65.0 Å². The van der Waals surface area contributed by atoms with Gasteiger partial charge in [-0.1, -0.05) is 6.92 Å². The van der Waals surface area contributed by atoms with E-state index in [9.17, 15) is 9.90 Å². The Morgan fingerprint density at radius 1 is 1.41 bits per heavy atom. The summed E-state index contributed by atoms with van der Waals surface area (Å²) in [7, 11) is 0. The molecule has 5 atom stereocenters. The molecule has 0 spiro atoms. The summed E-state index contributed by atoms with van der Waals surface area (Å²) in [6, 6.07) is 0. The second kappa shape index (κ2) is 6.46. The van der Waals surface area contributed by atoms with Crippen LogP contribution >= 0.6 is 0 Å². The van der Waals surface area contributed by atoms with Gasteiger partial charge in [0.25, 0.3) is 0 Å². The van der Waals surface area contributed by atoms with Gasteiger partial charge in [-0.15, -0.1) is 0 Å². The molecule has 1 N–H and O–H groups in total. The smallest absolute Gasteiger partial charge is 0.303 e. The van der Waals surface area contributed by atoms with Crippen LogP contribution in [0.1, 0.15) is 66.7 Å². The summed E-state index contributed by atoms with van der Waals surface area (Å²) in [6.45, 7) is 9.11. The second-order valence-corrected chi connectivity index (χ2v) is 7.24. The summed E-state index contributed by atoms with van der Waals surface area (Å²) < 4.78 is 17.9. The molecule has 2 fully saturated rings. The third kappa shape index (κ3) is 3.47. The highest BCUT2D eigenvalue weighted by atomic mass is 16.6. The van der Waals surface area contributed by atoms with Crippen LogP contribution < -0.4 is 0 Å². The van der Waals surface area contributed by atoms with Gasteiger partial charge in [0.1, 0.15) is 5.60 Å². The zero-order valence-corrected chi connectivity index (χ0v) is 14.4. The highest BCUT2D eigenvalue weighted by Crippen LogP contribution is 2.45. The predicted octanol–water partition coefficient (Wildman–Crippen LogP) is 2.58. The number of aliphatic hydroxyl groups excluding tert-OH is 1. The maximum atomic E-state index is 11.3. The van der Waals surface area contributed by atoms with Crippen molar-refractivity contribution in [2.45, 2.75) is 102 Å². The van der Waals surface area contributed by atoms with Crippen LogP contribution in [0.15, 0.2) is 0 Å². The summed E-state index contributed by atoms with van der Waals surface area (Å²) in [5.41, 5.74) is -0.962. The third-order valence-corrected chi connectivity index (χ3v) is 5.16. The lowest BCUT2D eigenvalue weighted by molar-refractivity contribution is -0.194. The first-order valence-electron chi connectivity index (χ1n) is 8.41. The Kier molecular flexibility index (Phi) is 5.20. The van der Waals surface area contributed by atoms with Crippen LogP contribution in [-0.4, -0.2) is 46.7 Å². The van der Waals surface area contributed by atoms with Gasteiger partial charge in [-0.3, -0.25) is 4.79 Å². The molecule has 0 aromatic carbocycles. The maximum Gasteiger partial charge on any atom is 0.303 e. The minimum Gasteiger partial charge on any atom is -0.457 e. The van der Waals surface area contributed by atoms with Gasteiger partial charge in [-0.2, -0.15) is 0 Å². The van der Waals surface area contributed by atoms with Crippen molar-refractivity contribution in [2.24, 2.45) is 0 Å². The minimum atomic E-state index is -0.634. The van der Waals surface area contributed by atoms with E-state index in [1.807, 2.05) is 13.8 Å². The number of esters is 1. The average Bonchev–Trinajstić information content (AvgIpc) is 3.05. The minimum absolute atomic E-state index is 0.00947. The highest BCUT2D eigenvalue weighted by molar-refractivity contribution is 5.66. The van der Waals surface area contributed by atoms with Crippen molar-refractivity contribution < 1.29 is 24.1 Å². The summed E-state index contributed by atoms with van der Waals surface area (Å²) in [4.78, 5) is 11.3. The van der Waals surface area contributed by atoms with Crippen molar-refractivity contribution in [3.8, 4) is 0 Å². The molecule has 2 aliphatic rings. The van der Waals surface area contributed by atoms with Gasteiger partial charge in [-0.25, -0.2) is 0 Å². The van der Waals surface area contributed by atoms with Crippen LogP contribution in [0.2, 0.25) is 0 Å². The lowest BCUT2D eigenvalue weighted by Crippen LogP contribution is -2.47. The summed E-state index contributed by atoms with van der Waals surface area (Å²) in [5, 5.41) is 9.73. The van der Waals surface area contributed by atoms with Crippen LogP contribution in [0.25, 0.3) is 0 Å². The van der Waals surface area contributed by atoms with E-state index in [1.54, 1.807) is 6.92 Å². The van der Waals surface area contributed by atoms with Crippen LogP contribution in [0.3, 0.4) is 0 Å². The number of rotatable bonds is 5. The summed E-state index contributed by atoms with van der Waals surface area (Å²) in [6.07, 6.45) is 3.72. The monoisotopic (exact) mass is 314 g/mol. The Morgan fingerprint density at radius 3 is 2.59 bits per heavy atom. The zero-order valence-electron chi connectivity index (χ0n) is 14.4. The van der Waals surface area contributed by atoms with Gasteiger partial charge < -0.3 is 19.3 Å². The molecule has 0 radical (unpaired) electrons. The van der Waals surface area contributed by atoms with Gasteiger partial charge in [-0.05, 0) is 52.9 Å². The quantitative estimate of drug-likeness (QED) is 0.790. The van der Waals surface area contributed by atoms with Crippen LogP contribution in [0, 0.1) is 0 Å². The molecule has 2 heterocycles. The van der Waals surface area contributed by atoms with E-state index in [0.29, 0.717) is 0 Å². The number of aliphatic hydroxyl groups is 1. The van der Waals surface area contributed by atoms with Crippen molar-refractivity contribution in [3.05, 3.63) is 0 Å². The first-order chi connectivity index (χ1) is 10.2. The van der Waals surface area contributed by atoms with Crippen LogP contribution in [0.4, 0.5) is 0 Å². The molecule has 2 aliphatic heterocycles. The molecule has 0 aromatic heterocycles. The Bertz CT molecular complexity index is 406. The van der Waals surface area contributed by atoms with Crippen molar-refractivity contribution in [3.63, 3.8) is 0 Å². The van der Waals surface area contributed by atoms with E-state index < -0.39 is 11.7 Å². The molecule has 2 saturated heterocycles. The van der Waals surface area contributed by atoms with Crippen molar-refractivity contribution in [1.29, 1.82) is 0 Å². The molecule has 0 saturated carbocycles. The standard InChI is InChI=1S/C17H30O5/c1-6-17(15-8-7-13(20-15)11(2)18)10-9-14(22-17)16(4,5)21-12(3)19/h11,13-15,18H,6-10H2,1-5H3/t11-,13+,14+,15+,17-/m0/s1. The molecule has 128 valence electrons. The molecule has 22 heavy (non-hydrogen) atoms. The normalized spacial score (nSPS) is 37.3. The molecular formula is C17H30O5. The van der Waals surface area contributed by atoms with E-state index in [2.05, 4.69) is 6.92 Å². The van der Waals surface area contributed by atoms with Gasteiger partial charge in [0.15, 0.2) is 0 Å². The molecule has 0 amide bonds. The Balaban J connectivity index is 2.06. The van der Waals surface area contributed by atoms with Gasteiger partial charge in [0.2, 0.25) is 0 Å². The average molecular weight is 314 g/mol. The number of carbonyl (C=O) groups is 1. The van der Waals surface area contributed by atoms with Crippen molar-refractivity contribution >= 4 is 5.97 Å². The van der Waals surface area contributed by atoms with E-state index in [0.717, 1.165) is 32.1 Å². The molecule has 5 heteroatoms. The van der Waals surface area contributed by atoms with E-state index >= 15 is 0 Å². The fourth-order valence-corrected chi connectivity index (χ4v) is 3.83. The zero-order chi connectivity index (χ0) is 16.5. The predicted molar refractivity (Wildman–Crippen MR) is 82.5 cm³/mol. The van der Waals surface area contributed by atoms with E-state index in [4.69, 9.17) is 14.2 Å². The number of hydrogen-bond donors (Lipinski definition) is 1. The molecule has 0 bridgehead atoms. The molecule has 0 aliphatic carbocycles. The van der Waals surface area contributed by atoms with Crippen molar-refractivity contribution in [2.75, 3.05) is 0 Å². The molecular weight excluding hydrogens is 284 g/mol. The lowest BCUT2D eigenvalue weighted by Gasteiger charge is -2.37. The van der Waals surface area contributed by atoms with Gasteiger partial charge in [0, 0.05) is 6.92 Å². The van der Waals surface area contributed by atoms with Crippen LogP contribution in [0.5, 0.6) is 0 Å². The molecule has 0 unspecified atom stereocenters. The summed E-state index contributed by atoms with van der Waals surface area (Å²) in [5.74, 6) is -0.283. The fourth-order valence-electron chi connectivity index (χ4n) is 3.83. The molecule has 2 rings (SSSR count). The van der Waals surface area contributed by atoms with Crippen LogP contribution in [-0.2, 0) is 19.0 Å². The second-order valence-electron chi connectivity index (χ2n) is 7.24. The van der Waals surface area contributed by atoms with E-state index in [-0.39, 0.29) is 29.9 Å². The highest BCUT2D eigenvalue weighted by Gasteiger charge is 2.52. The number of carbonyl (C=O) groups excluding carboxylic acids is 1. The Hall–Kier alpha value is -0.650. The van der Waals surface area contributed by atoms with Gasteiger partial charge >= 0.3 is 5.97 Å². The number of hydrogen-bond acceptors (Lipinski definition) is 5. The number of ether oxygens (including phenoxy) is 3. The van der Waals surface area contributed by atoms with Gasteiger partial charge in [0.05, 0.1) is 30.0 Å². The molecule has 5 nitrogen and oxygen atoms in total. The fraction of sp³-hybridized carbons (Fsp3) is 0.941. The SMILES string of the molecule is CC[C@@]1([C@H]2CC[C@H]([C@H](C)O)O2)CC[C@H](C(C)(C)OC(C)=O)O1. The largest absolute Gasteiger partial charge is 0.457 e. The first kappa shape index (κ1) is 17.7. The Morgan fingerprint density at radius 2 is 2.09 bits per heavy atom. The third-order valence-electron chi connectivity index (χ3n) is 5.16. The Labute approximate surface area is 133 Å². The molecule has 0 aromatic rings.